The SMILES string of the molecule is COCC(CNCC(C)C)Oc1cccnc1C. The molecule has 1 rings (SSSR count). The Hall–Kier alpha value is -1.13. The molecule has 0 fully saturated rings. The molecule has 1 atom stereocenters. The van der Waals surface area contributed by atoms with E-state index in [1.54, 1.807) is 13.3 Å². The second kappa shape index (κ2) is 8.06. The van der Waals surface area contributed by atoms with Gasteiger partial charge in [0, 0.05) is 19.9 Å². The van der Waals surface area contributed by atoms with E-state index in [4.69, 9.17) is 9.47 Å². The Bertz CT molecular complexity index is 342. The van der Waals surface area contributed by atoms with Crippen LogP contribution in [0.15, 0.2) is 18.3 Å². The van der Waals surface area contributed by atoms with Crippen molar-refractivity contribution in [2.75, 3.05) is 26.8 Å². The number of ether oxygens (including phenoxy) is 2. The van der Waals surface area contributed by atoms with E-state index in [1.165, 1.54) is 0 Å². The van der Waals surface area contributed by atoms with E-state index in [1.807, 2.05) is 19.1 Å². The highest BCUT2D eigenvalue weighted by Gasteiger charge is 2.12. The van der Waals surface area contributed by atoms with Crippen molar-refractivity contribution < 1.29 is 9.47 Å². The summed E-state index contributed by atoms with van der Waals surface area (Å²) < 4.78 is 11.1. The highest BCUT2D eigenvalue weighted by atomic mass is 16.5. The quantitative estimate of drug-likeness (QED) is 0.769. The van der Waals surface area contributed by atoms with Gasteiger partial charge in [0.05, 0.1) is 12.3 Å². The number of aryl methyl sites for hydroxylation is 1. The largest absolute Gasteiger partial charge is 0.485 e. The Morgan fingerprint density at radius 3 is 2.72 bits per heavy atom. The number of aromatic nitrogens is 1. The summed E-state index contributed by atoms with van der Waals surface area (Å²) in [6.07, 6.45) is 1.78. The molecule has 4 heteroatoms. The van der Waals surface area contributed by atoms with Crippen LogP contribution in [0.3, 0.4) is 0 Å². The van der Waals surface area contributed by atoms with Crippen LogP contribution in [0.4, 0.5) is 0 Å². The fourth-order valence-electron chi connectivity index (χ4n) is 1.63. The molecule has 18 heavy (non-hydrogen) atoms. The summed E-state index contributed by atoms with van der Waals surface area (Å²) in [6.45, 7) is 8.64. The van der Waals surface area contributed by atoms with Gasteiger partial charge in [-0.1, -0.05) is 13.8 Å². The number of hydrogen-bond acceptors (Lipinski definition) is 4. The van der Waals surface area contributed by atoms with Crippen LogP contribution in [-0.2, 0) is 4.74 Å². The van der Waals surface area contributed by atoms with Crippen molar-refractivity contribution >= 4 is 0 Å². The third-order valence-electron chi connectivity index (χ3n) is 2.53. The molecule has 0 aliphatic carbocycles. The Labute approximate surface area is 110 Å². The molecule has 0 bridgehead atoms. The Kier molecular flexibility index (Phi) is 6.68. The van der Waals surface area contributed by atoms with Gasteiger partial charge >= 0.3 is 0 Å². The molecule has 0 aromatic carbocycles. The van der Waals surface area contributed by atoms with E-state index in [-0.39, 0.29) is 6.10 Å². The van der Waals surface area contributed by atoms with E-state index >= 15 is 0 Å². The van der Waals surface area contributed by atoms with Gasteiger partial charge < -0.3 is 14.8 Å². The second-order valence-corrected chi connectivity index (χ2v) is 4.83. The smallest absolute Gasteiger partial charge is 0.141 e. The lowest BCUT2D eigenvalue weighted by molar-refractivity contribution is 0.0795. The number of pyridine rings is 1. The molecule has 1 N–H and O–H groups in total. The molecule has 102 valence electrons. The summed E-state index contributed by atoms with van der Waals surface area (Å²) in [5.74, 6) is 1.46. The van der Waals surface area contributed by atoms with Crippen LogP contribution < -0.4 is 10.1 Å². The average Bonchev–Trinajstić information content (AvgIpc) is 2.32. The first-order valence-corrected chi connectivity index (χ1v) is 6.41. The fraction of sp³-hybridized carbons (Fsp3) is 0.643. The summed E-state index contributed by atoms with van der Waals surface area (Å²) in [7, 11) is 1.69. The summed E-state index contributed by atoms with van der Waals surface area (Å²) in [4.78, 5) is 4.21. The third-order valence-corrected chi connectivity index (χ3v) is 2.53. The maximum atomic E-state index is 5.92. The maximum absolute atomic E-state index is 5.92. The van der Waals surface area contributed by atoms with Crippen LogP contribution in [0, 0.1) is 12.8 Å². The zero-order valence-electron chi connectivity index (χ0n) is 11.8. The van der Waals surface area contributed by atoms with Gasteiger partial charge in [-0.2, -0.15) is 0 Å². The predicted molar refractivity (Wildman–Crippen MR) is 73.0 cm³/mol. The molecule has 0 saturated carbocycles. The number of rotatable bonds is 8. The van der Waals surface area contributed by atoms with Gasteiger partial charge in [0.25, 0.3) is 0 Å². The highest BCUT2D eigenvalue weighted by Crippen LogP contribution is 2.15. The Morgan fingerprint density at radius 2 is 2.11 bits per heavy atom. The Morgan fingerprint density at radius 1 is 1.33 bits per heavy atom. The number of nitrogens with zero attached hydrogens (tertiary/aromatic N) is 1. The molecule has 4 nitrogen and oxygen atoms in total. The number of hydrogen-bond donors (Lipinski definition) is 1. The van der Waals surface area contributed by atoms with E-state index in [9.17, 15) is 0 Å². The summed E-state index contributed by atoms with van der Waals surface area (Å²) in [6, 6.07) is 3.82. The standard InChI is InChI=1S/C14H24N2O2/c1-11(2)8-15-9-13(10-17-4)18-14-6-5-7-16-12(14)3/h5-7,11,13,15H,8-10H2,1-4H3. The van der Waals surface area contributed by atoms with Crippen LogP contribution in [0.25, 0.3) is 0 Å². The molecule has 0 amide bonds. The van der Waals surface area contributed by atoms with Crippen molar-refractivity contribution in [3.8, 4) is 5.75 Å². The first-order valence-electron chi connectivity index (χ1n) is 6.41. The molecule has 0 aliphatic rings. The molecule has 0 saturated heterocycles. The average molecular weight is 252 g/mol. The molecule has 1 unspecified atom stereocenters. The van der Waals surface area contributed by atoms with Crippen LogP contribution in [-0.4, -0.2) is 37.9 Å². The maximum Gasteiger partial charge on any atom is 0.141 e. The van der Waals surface area contributed by atoms with Gasteiger partial charge in [0.2, 0.25) is 0 Å². The van der Waals surface area contributed by atoms with E-state index in [0.717, 1.165) is 24.5 Å². The third kappa shape index (κ3) is 5.47. The molecular weight excluding hydrogens is 228 g/mol. The molecule has 1 aromatic rings. The minimum atomic E-state index is 0.0108. The van der Waals surface area contributed by atoms with Crippen molar-refractivity contribution in [1.82, 2.24) is 10.3 Å². The summed E-state index contributed by atoms with van der Waals surface area (Å²) >= 11 is 0. The monoisotopic (exact) mass is 252 g/mol. The normalized spacial score (nSPS) is 12.7. The van der Waals surface area contributed by atoms with Crippen LogP contribution in [0.1, 0.15) is 19.5 Å². The van der Waals surface area contributed by atoms with Crippen LogP contribution in [0.5, 0.6) is 5.75 Å². The first kappa shape index (κ1) is 14.9. The Balaban J connectivity index is 2.49. The van der Waals surface area contributed by atoms with Crippen LogP contribution >= 0.6 is 0 Å². The zero-order valence-corrected chi connectivity index (χ0v) is 11.8. The second-order valence-electron chi connectivity index (χ2n) is 4.83. The summed E-state index contributed by atoms with van der Waals surface area (Å²) in [5.41, 5.74) is 0.905. The minimum Gasteiger partial charge on any atom is -0.485 e. The van der Waals surface area contributed by atoms with Gasteiger partial charge in [0.1, 0.15) is 11.9 Å². The van der Waals surface area contributed by atoms with Crippen molar-refractivity contribution in [2.45, 2.75) is 26.9 Å². The van der Waals surface area contributed by atoms with Crippen molar-refractivity contribution in [2.24, 2.45) is 5.92 Å². The lowest BCUT2D eigenvalue weighted by atomic mass is 10.2. The fourth-order valence-corrected chi connectivity index (χ4v) is 1.63. The number of methoxy groups -OCH3 is 1. The molecule has 0 aliphatic heterocycles. The van der Waals surface area contributed by atoms with Crippen molar-refractivity contribution in [3.63, 3.8) is 0 Å². The van der Waals surface area contributed by atoms with Gasteiger partial charge in [-0.3, -0.25) is 4.98 Å². The van der Waals surface area contributed by atoms with E-state index < -0.39 is 0 Å². The topological polar surface area (TPSA) is 43.4 Å². The summed E-state index contributed by atoms with van der Waals surface area (Å²) in [5, 5.41) is 3.38. The molecule has 1 aromatic heterocycles. The van der Waals surface area contributed by atoms with Gasteiger partial charge in [-0.15, -0.1) is 0 Å². The van der Waals surface area contributed by atoms with Crippen molar-refractivity contribution in [1.29, 1.82) is 0 Å². The predicted octanol–water partition coefficient (Wildman–Crippen LogP) is 2.03. The van der Waals surface area contributed by atoms with Gasteiger partial charge in [-0.05, 0) is 31.5 Å². The zero-order chi connectivity index (χ0) is 13.4. The molecule has 0 spiro atoms. The lowest BCUT2D eigenvalue weighted by Crippen LogP contribution is -2.36. The van der Waals surface area contributed by atoms with Gasteiger partial charge in [0.15, 0.2) is 0 Å². The van der Waals surface area contributed by atoms with Gasteiger partial charge in [-0.25, -0.2) is 0 Å². The highest BCUT2D eigenvalue weighted by molar-refractivity contribution is 5.25. The lowest BCUT2D eigenvalue weighted by Gasteiger charge is -2.20. The minimum absolute atomic E-state index is 0.0108. The first-order chi connectivity index (χ1) is 8.63. The van der Waals surface area contributed by atoms with E-state index in [2.05, 4.69) is 24.1 Å². The molecular formula is C14H24N2O2. The number of nitrogens with one attached hydrogen (secondary N) is 1. The molecule has 1 heterocycles. The van der Waals surface area contributed by atoms with E-state index in [0.29, 0.717) is 12.5 Å². The van der Waals surface area contributed by atoms with Crippen LogP contribution in [0.2, 0.25) is 0 Å². The molecule has 0 radical (unpaired) electrons. The van der Waals surface area contributed by atoms with Crippen molar-refractivity contribution in [3.05, 3.63) is 24.0 Å².